The summed E-state index contributed by atoms with van der Waals surface area (Å²) in [5, 5.41) is 10.2. The number of carboxylic acid groups (broad SMARTS) is 1. The summed E-state index contributed by atoms with van der Waals surface area (Å²) in [5.41, 5.74) is 5.24. The second-order valence-corrected chi connectivity index (χ2v) is 8.02. The molecule has 28 heavy (non-hydrogen) atoms. The number of aryl methyl sites for hydroxylation is 1. The number of carbonyl (C=O) groups is 1. The van der Waals surface area contributed by atoms with Crippen LogP contribution in [-0.4, -0.2) is 40.2 Å². The average Bonchev–Trinajstić information content (AvgIpc) is 2.95. The fourth-order valence-corrected chi connectivity index (χ4v) is 4.40. The molecule has 2 aromatic carbocycles. The number of para-hydroxylation sites is 1. The molecule has 146 valence electrons. The quantitative estimate of drug-likeness (QED) is 0.699. The summed E-state index contributed by atoms with van der Waals surface area (Å²) < 4.78 is 16.1. The van der Waals surface area contributed by atoms with Crippen LogP contribution in [0.5, 0.6) is 0 Å². The lowest BCUT2D eigenvalue weighted by Crippen LogP contribution is -2.47. The number of nitrogens with zero attached hydrogens (tertiary/aromatic N) is 2. The van der Waals surface area contributed by atoms with E-state index in [1.54, 1.807) is 6.92 Å². The minimum atomic E-state index is -0.785. The van der Waals surface area contributed by atoms with Crippen LogP contribution in [0.25, 0.3) is 16.6 Å². The molecular weight excluding hydrogens is 355 g/mol. The van der Waals surface area contributed by atoms with Crippen molar-refractivity contribution in [2.24, 2.45) is 0 Å². The highest BCUT2D eigenvalue weighted by molar-refractivity contribution is 5.88. The molecule has 3 aromatic rings. The smallest absolute Gasteiger partial charge is 0.317 e. The SMILES string of the molecule is Cc1cc(-n2c(C(C)C)c(C3CN(CC(=O)O)C3)c3ccccc32)ccc1F. The van der Waals surface area contributed by atoms with E-state index in [2.05, 4.69) is 30.5 Å². The van der Waals surface area contributed by atoms with Gasteiger partial charge in [-0.2, -0.15) is 0 Å². The van der Waals surface area contributed by atoms with Gasteiger partial charge in [-0.05, 0) is 48.2 Å². The Bertz CT molecular complexity index is 1050. The number of likely N-dealkylation sites (tertiary alicyclic amines) is 1. The van der Waals surface area contributed by atoms with E-state index in [0.29, 0.717) is 11.5 Å². The van der Waals surface area contributed by atoms with Gasteiger partial charge >= 0.3 is 5.97 Å². The summed E-state index contributed by atoms with van der Waals surface area (Å²) in [7, 11) is 0. The zero-order valence-electron chi connectivity index (χ0n) is 16.4. The first kappa shape index (κ1) is 18.7. The Kier molecular flexibility index (Phi) is 4.71. The topological polar surface area (TPSA) is 45.5 Å². The first-order valence-electron chi connectivity index (χ1n) is 9.70. The van der Waals surface area contributed by atoms with Crippen LogP contribution in [0.2, 0.25) is 0 Å². The standard InChI is InChI=1S/C23H25FN2O2/c1-14(2)23-22(16-11-25(12-16)13-21(27)28)18-6-4-5-7-20(18)26(23)17-8-9-19(24)15(3)10-17/h4-10,14,16H,11-13H2,1-3H3,(H,27,28). The van der Waals surface area contributed by atoms with Crippen LogP contribution in [0.4, 0.5) is 4.39 Å². The fourth-order valence-electron chi connectivity index (χ4n) is 4.40. The van der Waals surface area contributed by atoms with Crippen LogP contribution >= 0.6 is 0 Å². The predicted molar refractivity (Wildman–Crippen MR) is 109 cm³/mol. The molecular formula is C23H25FN2O2. The summed E-state index contributed by atoms with van der Waals surface area (Å²) in [6.07, 6.45) is 0. The van der Waals surface area contributed by atoms with E-state index in [9.17, 15) is 9.18 Å². The molecule has 0 radical (unpaired) electrons. The summed E-state index contributed by atoms with van der Waals surface area (Å²) in [5.74, 6) is -0.396. The molecule has 1 saturated heterocycles. The van der Waals surface area contributed by atoms with Crippen molar-refractivity contribution in [3.05, 3.63) is 65.1 Å². The number of rotatable bonds is 5. The molecule has 0 amide bonds. The Labute approximate surface area is 164 Å². The fraction of sp³-hybridized carbons (Fsp3) is 0.348. The van der Waals surface area contributed by atoms with Crippen molar-refractivity contribution in [2.45, 2.75) is 32.6 Å². The third-order valence-corrected chi connectivity index (χ3v) is 5.62. The second kappa shape index (κ2) is 7.06. The molecule has 0 bridgehead atoms. The number of hydrogen-bond acceptors (Lipinski definition) is 2. The Morgan fingerprint density at radius 2 is 1.93 bits per heavy atom. The van der Waals surface area contributed by atoms with E-state index in [-0.39, 0.29) is 18.3 Å². The van der Waals surface area contributed by atoms with Crippen LogP contribution < -0.4 is 0 Å². The number of aromatic nitrogens is 1. The molecule has 1 fully saturated rings. The Morgan fingerprint density at radius 3 is 2.57 bits per heavy atom. The van der Waals surface area contributed by atoms with Crippen molar-refractivity contribution in [2.75, 3.05) is 19.6 Å². The van der Waals surface area contributed by atoms with E-state index in [4.69, 9.17) is 5.11 Å². The van der Waals surface area contributed by atoms with Gasteiger partial charge in [0.15, 0.2) is 0 Å². The molecule has 1 aliphatic rings. The summed E-state index contributed by atoms with van der Waals surface area (Å²) in [6.45, 7) is 7.74. The average molecular weight is 380 g/mol. The third-order valence-electron chi connectivity index (χ3n) is 5.62. The van der Waals surface area contributed by atoms with Crippen molar-refractivity contribution in [1.82, 2.24) is 9.47 Å². The number of aliphatic carboxylic acids is 1. The largest absolute Gasteiger partial charge is 0.480 e. The van der Waals surface area contributed by atoms with Gasteiger partial charge in [0.25, 0.3) is 0 Å². The molecule has 4 nitrogen and oxygen atoms in total. The lowest BCUT2D eigenvalue weighted by molar-refractivity contribution is -0.139. The van der Waals surface area contributed by atoms with Gasteiger partial charge in [-0.1, -0.05) is 32.0 Å². The number of halogens is 1. The van der Waals surface area contributed by atoms with E-state index < -0.39 is 5.97 Å². The maximum absolute atomic E-state index is 13.9. The highest BCUT2D eigenvalue weighted by Crippen LogP contribution is 2.41. The predicted octanol–water partition coefficient (Wildman–Crippen LogP) is 4.69. The molecule has 4 rings (SSSR count). The normalized spacial score (nSPS) is 15.3. The van der Waals surface area contributed by atoms with Gasteiger partial charge in [-0.3, -0.25) is 9.69 Å². The van der Waals surface area contributed by atoms with Crippen molar-refractivity contribution in [3.8, 4) is 5.69 Å². The Balaban J connectivity index is 1.88. The maximum Gasteiger partial charge on any atom is 0.317 e. The number of fused-ring (bicyclic) bond motifs is 1. The minimum absolute atomic E-state index is 0.0866. The van der Waals surface area contributed by atoms with Gasteiger partial charge < -0.3 is 9.67 Å². The Morgan fingerprint density at radius 1 is 1.21 bits per heavy atom. The Hall–Kier alpha value is -2.66. The molecule has 2 heterocycles. The molecule has 1 aromatic heterocycles. The monoisotopic (exact) mass is 380 g/mol. The van der Waals surface area contributed by atoms with E-state index >= 15 is 0 Å². The van der Waals surface area contributed by atoms with Crippen LogP contribution in [0.15, 0.2) is 42.5 Å². The van der Waals surface area contributed by atoms with E-state index in [1.807, 2.05) is 29.2 Å². The lowest BCUT2D eigenvalue weighted by Gasteiger charge is -2.39. The van der Waals surface area contributed by atoms with Gasteiger partial charge in [0, 0.05) is 35.8 Å². The summed E-state index contributed by atoms with van der Waals surface area (Å²) in [4.78, 5) is 13.0. The molecule has 5 heteroatoms. The van der Waals surface area contributed by atoms with Gasteiger partial charge in [0.05, 0.1) is 12.1 Å². The van der Waals surface area contributed by atoms with Gasteiger partial charge in [0.2, 0.25) is 0 Å². The minimum Gasteiger partial charge on any atom is -0.480 e. The van der Waals surface area contributed by atoms with Gasteiger partial charge in [-0.25, -0.2) is 4.39 Å². The van der Waals surface area contributed by atoms with Gasteiger partial charge in [0.1, 0.15) is 5.82 Å². The molecule has 0 saturated carbocycles. The lowest BCUT2D eigenvalue weighted by atomic mass is 9.86. The highest BCUT2D eigenvalue weighted by Gasteiger charge is 2.34. The zero-order valence-corrected chi connectivity index (χ0v) is 16.4. The molecule has 1 aliphatic heterocycles. The number of benzene rings is 2. The molecule has 0 aliphatic carbocycles. The maximum atomic E-state index is 13.9. The zero-order chi connectivity index (χ0) is 20.0. The second-order valence-electron chi connectivity index (χ2n) is 8.02. The van der Waals surface area contributed by atoms with Crippen LogP contribution in [0.1, 0.15) is 42.5 Å². The number of hydrogen-bond donors (Lipinski definition) is 1. The molecule has 0 unspecified atom stereocenters. The van der Waals surface area contributed by atoms with Crippen molar-refractivity contribution in [3.63, 3.8) is 0 Å². The molecule has 1 N–H and O–H groups in total. The summed E-state index contributed by atoms with van der Waals surface area (Å²) >= 11 is 0. The third kappa shape index (κ3) is 3.10. The van der Waals surface area contributed by atoms with E-state index in [1.165, 1.54) is 22.7 Å². The number of carboxylic acids is 1. The first-order valence-corrected chi connectivity index (χ1v) is 9.70. The van der Waals surface area contributed by atoms with Crippen molar-refractivity contribution >= 4 is 16.9 Å². The van der Waals surface area contributed by atoms with Crippen molar-refractivity contribution in [1.29, 1.82) is 0 Å². The summed E-state index contributed by atoms with van der Waals surface area (Å²) in [6, 6.07) is 13.6. The van der Waals surface area contributed by atoms with Crippen LogP contribution in [0.3, 0.4) is 0 Å². The first-order chi connectivity index (χ1) is 13.4. The molecule has 0 spiro atoms. The van der Waals surface area contributed by atoms with Crippen molar-refractivity contribution < 1.29 is 14.3 Å². The highest BCUT2D eigenvalue weighted by atomic mass is 19.1. The van der Waals surface area contributed by atoms with E-state index in [0.717, 1.165) is 24.3 Å². The van der Waals surface area contributed by atoms with Crippen LogP contribution in [0, 0.1) is 12.7 Å². The molecule has 0 atom stereocenters. The van der Waals surface area contributed by atoms with Gasteiger partial charge in [-0.15, -0.1) is 0 Å². The van der Waals surface area contributed by atoms with Crippen LogP contribution in [-0.2, 0) is 4.79 Å².